The fourth-order valence-corrected chi connectivity index (χ4v) is 2.75. The van der Waals surface area contributed by atoms with Crippen LogP contribution in [0.4, 0.5) is 5.69 Å². The topological polar surface area (TPSA) is 60.7 Å². The lowest BCUT2D eigenvalue weighted by Crippen LogP contribution is -2.22. The number of aryl methyl sites for hydroxylation is 2. The molecule has 1 heterocycles. The van der Waals surface area contributed by atoms with E-state index in [0.717, 1.165) is 16.1 Å². The van der Waals surface area contributed by atoms with Gasteiger partial charge in [0.15, 0.2) is 4.80 Å². The fraction of sp³-hybridized carbons (Fsp3) is 0.267. The zero-order valence-corrected chi connectivity index (χ0v) is 13.2. The zero-order chi connectivity index (χ0) is 15.6. The molecule has 0 saturated carbocycles. The molecule has 0 N–H and O–H groups in total. The monoisotopic (exact) mass is 304 g/mol. The molecule has 0 spiro atoms. The maximum Gasteiger partial charge on any atom is 0.309 e. The van der Waals surface area contributed by atoms with Crippen LogP contribution in [0, 0.1) is 13.8 Å². The van der Waals surface area contributed by atoms with Crippen LogP contribution in [-0.2, 0) is 4.79 Å². The van der Waals surface area contributed by atoms with Gasteiger partial charge in [-0.15, -0.1) is 0 Å². The third-order valence-corrected chi connectivity index (χ3v) is 3.69. The minimum absolute atomic E-state index is 0.242. The van der Waals surface area contributed by atoms with Crippen LogP contribution in [0.1, 0.15) is 29.1 Å². The molecule has 0 amide bonds. The summed E-state index contributed by atoms with van der Waals surface area (Å²) in [5, 5.41) is 0. The number of carbonyl (C=O) groups excluding carboxylic acids is 2. The number of rotatable bonds is 2. The Kier molecular flexibility index (Phi) is 4.37. The van der Waals surface area contributed by atoms with E-state index in [9.17, 15) is 9.59 Å². The molecule has 0 aliphatic rings. The smallest absolute Gasteiger partial charge is 0.309 e. The second kappa shape index (κ2) is 6.05. The average Bonchev–Trinajstić information content (AvgIpc) is 2.68. The van der Waals surface area contributed by atoms with Crippen LogP contribution in [0.2, 0.25) is 0 Å². The summed E-state index contributed by atoms with van der Waals surface area (Å²) in [5.41, 5.74) is 1.88. The van der Waals surface area contributed by atoms with Crippen LogP contribution in [0.15, 0.2) is 29.3 Å². The summed E-state index contributed by atoms with van der Waals surface area (Å²) in [6.45, 7) is 6.50. The van der Waals surface area contributed by atoms with Crippen molar-refractivity contribution in [3.8, 4) is 5.88 Å². The van der Waals surface area contributed by atoms with E-state index in [2.05, 4.69) is 4.99 Å². The van der Waals surface area contributed by atoms with Gasteiger partial charge in [0.2, 0.25) is 11.8 Å². The number of hydrogen-bond donors (Lipinski definition) is 0. The van der Waals surface area contributed by atoms with Crippen molar-refractivity contribution in [1.82, 2.24) is 4.57 Å². The van der Waals surface area contributed by atoms with Crippen molar-refractivity contribution in [1.29, 1.82) is 0 Å². The van der Waals surface area contributed by atoms with Crippen molar-refractivity contribution in [2.45, 2.75) is 27.7 Å². The molecule has 0 radical (unpaired) electrons. The largest absolute Gasteiger partial charge is 0.408 e. The van der Waals surface area contributed by atoms with Crippen LogP contribution in [0.3, 0.4) is 0 Å². The van der Waals surface area contributed by atoms with E-state index < -0.39 is 5.97 Å². The Bertz CT molecular complexity index is 754. The van der Waals surface area contributed by atoms with Crippen molar-refractivity contribution in [2.75, 3.05) is 0 Å². The van der Waals surface area contributed by atoms with Gasteiger partial charge in [-0.25, -0.2) is 9.56 Å². The van der Waals surface area contributed by atoms with Gasteiger partial charge in [-0.1, -0.05) is 29.0 Å². The lowest BCUT2D eigenvalue weighted by Gasteiger charge is -2.04. The van der Waals surface area contributed by atoms with E-state index in [4.69, 9.17) is 4.74 Å². The molecule has 1 aromatic carbocycles. The van der Waals surface area contributed by atoms with Gasteiger partial charge in [-0.2, -0.15) is 0 Å². The van der Waals surface area contributed by atoms with Crippen LogP contribution in [0.5, 0.6) is 5.88 Å². The van der Waals surface area contributed by atoms with Gasteiger partial charge in [0.25, 0.3) is 0 Å². The van der Waals surface area contributed by atoms with E-state index in [1.165, 1.54) is 29.8 Å². The van der Waals surface area contributed by atoms with Crippen molar-refractivity contribution in [3.05, 3.63) is 39.5 Å². The first kappa shape index (κ1) is 15.2. The van der Waals surface area contributed by atoms with Crippen molar-refractivity contribution < 1.29 is 14.3 Å². The molecular formula is C15H16N2O3S. The number of benzene rings is 1. The summed E-state index contributed by atoms with van der Waals surface area (Å²) in [6.07, 6.45) is 0. The maximum atomic E-state index is 11.8. The van der Waals surface area contributed by atoms with E-state index in [1.54, 1.807) is 6.92 Å². The SMILES string of the molecule is CC(=O)Oc1c(C)sc(=Nc2ccc(C)cc2)n1C(C)=O. The molecule has 1 aromatic heterocycles. The molecule has 0 saturated heterocycles. The Morgan fingerprint density at radius 1 is 1.14 bits per heavy atom. The second-order valence-electron chi connectivity index (χ2n) is 4.64. The highest BCUT2D eigenvalue weighted by atomic mass is 32.1. The number of esters is 1. The highest BCUT2D eigenvalue weighted by molar-refractivity contribution is 7.09. The van der Waals surface area contributed by atoms with Gasteiger partial charge in [0.1, 0.15) is 0 Å². The molecule has 0 atom stereocenters. The minimum Gasteiger partial charge on any atom is -0.408 e. The first-order valence-electron chi connectivity index (χ1n) is 6.41. The van der Waals surface area contributed by atoms with Crippen molar-refractivity contribution in [2.24, 2.45) is 4.99 Å². The normalized spacial score (nSPS) is 11.5. The predicted molar refractivity (Wildman–Crippen MR) is 81.1 cm³/mol. The Balaban J connectivity index is 2.60. The van der Waals surface area contributed by atoms with E-state index in [0.29, 0.717) is 4.80 Å². The molecule has 0 aliphatic heterocycles. The maximum absolute atomic E-state index is 11.8. The lowest BCUT2D eigenvalue weighted by molar-refractivity contribution is -0.132. The first-order chi connectivity index (χ1) is 9.88. The molecule has 2 rings (SSSR count). The summed E-state index contributed by atoms with van der Waals surface area (Å²) in [4.78, 5) is 28.7. The van der Waals surface area contributed by atoms with E-state index in [-0.39, 0.29) is 11.8 Å². The first-order valence-corrected chi connectivity index (χ1v) is 7.23. The number of aromatic nitrogens is 1. The average molecular weight is 304 g/mol. The molecule has 5 nitrogen and oxygen atoms in total. The quantitative estimate of drug-likeness (QED) is 0.801. The third-order valence-electron chi connectivity index (χ3n) is 2.75. The Labute approximate surface area is 126 Å². The van der Waals surface area contributed by atoms with Gasteiger partial charge >= 0.3 is 5.97 Å². The molecule has 0 aliphatic carbocycles. The fourth-order valence-electron chi connectivity index (χ4n) is 1.80. The number of hydrogen-bond acceptors (Lipinski definition) is 5. The Morgan fingerprint density at radius 3 is 2.29 bits per heavy atom. The van der Waals surface area contributed by atoms with Crippen molar-refractivity contribution >= 4 is 28.9 Å². The Morgan fingerprint density at radius 2 is 1.76 bits per heavy atom. The summed E-state index contributed by atoms with van der Waals surface area (Å²) in [7, 11) is 0. The number of ether oxygens (including phenoxy) is 1. The number of thiazole rings is 1. The summed E-state index contributed by atoms with van der Waals surface area (Å²) in [5.74, 6) is -0.472. The van der Waals surface area contributed by atoms with Gasteiger partial charge in [-0.3, -0.25) is 9.59 Å². The molecule has 0 unspecified atom stereocenters. The molecule has 21 heavy (non-hydrogen) atoms. The van der Waals surface area contributed by atoms with Crippen LogP contribution in [-0.4, -0.2) is 16.4 Å². The number of nitrogens with zero attached hydrogens (tertiary/aromatic N) is 2. The molecule has 110 valence electrons. The van der Waals surface area contributed by atoms with E-state index >= 15 is 0 Å². The molecule has 2 aromatic rings. The molecule has 6 heteroatoms. The number of carbonyl (C=O) groups is 2. The zero-order valence-electron chi connectivity index (χ0n) is 12.3. The van der Waals surface area contributed by atoms with Crippen LogP contribution < -0.4 is 9.54 Å². The van der Waals surface area contributed by atoms with Crippen LogP contribution >= 0.6 is 11.3 Å². The second-order valence-corrected chi connectivity index (χ2v) is 5.82. The molecule has 0 fully saturated rings. The van der Waals surface area contributed by atoms with Gasteiger partial charge in [0.05, 0.1) is 10.6 Å². The minimum atomic E-state index is -0.465. The summed E-state index contributed by atoms with van der Waals surface area (Å²) in [6, 6.07) is 7.65. The Hall–Kier alpha value is -2.21. The van der Waals surface area contributed by atoms with Gasteiger partial charge in [0, 0.05) is 13.8 Å². The van der Waals surface area contributed by atoms with E-state index in [1.807, 2.05) is 31.2 Å². The highest BCUT2D eigenvalue weighted by Gasteiger charge is 2.17. The van der Waals surface area contributed by atoms with Gasteiger partial charge < -0.3 is 4.74 Å². The van der Waals surface area contributed by atoms with Crippen LogP contribution in [0.25, 0.3) is 0 Å². The highest BCUT2D eigenvalue weighted by Crippen LogP contribution is 2.21. The molecular weight excluding hydrogens is 288 g/mol. The standard InChI is InChI=1S/C15H16N2O3S/c1-9-5-7-13(8-6-9)16-15-17(11(3)18)14(10(2)21-15)20-12(4)19/h5-8H,1-4H3. The predicted octanol–water partition coefficient (Wildman–Crippen LogP) is 2.98. The lowest BCUT2D eigenvalue weighted by atomic mass is 10.2. The summed E-state index contributed by atoms with van der Waals surface area (Å²) < 4.78 is 6.45. The third kappa shape index (κ3) is 3.46. The van der Waals surface area contributed by atoms with Gasteiger partial charge in [-0.05, 0) is 26.0 Å². The molecule has 0 bridgehead atoms. The summed E-state index contributed by atoms with van der Waals surface area (Å²) >= 11 is 1.31. The van der Waals surface area contributed by atoms with Crippen molar-refractivity contribution in [3.63, 3.8) is 0 Å².